The Labute approximate surface area is 58.8 Å². The molecule has 1 aliphatic rings. The van der Waals surface area contributed by atoms with E-state index in [1.54, 1.807) is 14.1 Å². The minimum Gasteiger partial charge on any atom is -0.355 e. The summed E-state index contributed by atoms with van der Waals surface area (Å²) in [6, 6.07) is 0. The van der Waals surface area contributed by atoms with Crippen LogP contribution in [0.5, 0.6) is 0 Å². The lowest BCUT2D eigenvalue weighted by atomic mass is 10.8. The number of hydrogen-bond donors (Lipinski definition) is 3. The lowest BCUT2D eigenvalue weighted by Gasteiger charge is -2.13. The van der Waals surface area contributed by atoms with Crippen LogP contribution >= 0.6 is 0 Å². The van der Waals surface area contributed by atoms with Gasteiger partial charge in [-0.2, -0.15) is 0 Å². The molecule has 0 fully saturated rings. The van der Waals surface area contributed by atoms with Crippen LogP contribution in [0.25, 0.3) is 0 Å². The van der Waals surface area contributed by atoms with E-state index in [0.29, 0.717) is 5.96 Å². The Morgan fingerprint density at radius 2 is 2.30 bits per heavy atom. The molecule has 3 N–H and O–H groups in total. The number of nitrogens with one attached hydrogen (secondary N) is 3. The second kappa shape index (κ2) is 3.11. The molecule has 0 amide bonds. The third kappa shape index (κ3) is 1.41. The highest BCUT2D eigenvalue weighted by Crippen LogP contribution is 1.89. The Balaban J connectivity index is 2.46. The van der Waals surface area contributed by atoms with Crippen LogP contribution in [0.4, 0.5) is 0 Å². The molecule has 0 saturated carbocycles. The van der Waals surface area contributed by atoms with Crippen molar-refractivity contribution in [3.8, 4) is 0 Å². The normalized spacial score (nSPS) is 23.4. The SMILES string of the molecule is CNC1=NNC(NC)N=N1. The first-order valence-electron chi connectivity index (χ1n) is 2.96. The second-order valence-corrected chi connectivity index (χ2v) is 1.72. The number of hydrazone groups is 1. The standard InChI is InChI=1S/C4H10N6/c1-5-3-7-9-4(6-2)10-8-3/h3,5,7H,1-2H3,(H,6,9). The molecule has 1 atom stereocenters. The molecule has 0 aliphatic carbocycles. The average Bonchev–Trinajstić information content (AvgIpc) is 2.05. The van der Waals surface area contributed by atoms with Gasteiger partial charge in [-0.25, -0.2) is 0 Å². The van der Waals surface area contributed by atoms with Gasteiger partial charge in [0.25, 0.3) is 5.96 Å². The summed E-state index contributed by atoms with van der Waals surface area (Å²) in [6.45, 7) is 0. The van der Waals surface area contributed by atoms with E-state index in [9.17, 15) is 0 Å². The largest absolute Gasteiger partial charge is 0.355 e. The van der Waals surface area contributed by atoms with Gasteiger partial charge in [-0.05, 0) is 7.05 Å². The van der Waals surface area contributed by atoms with E-state index in [1.165, 1.54) is 0 Å². The summed E-state index contributed by atoms with van der Waals surface area (Å²) >= 11 is 0. The molecule has 0 spiro atoms. The molecule has 1 aliphatic heterocycles. The van der Waals surface area contributed by atoms with Crippen molar-refractivity contribution in [1.29, 1.82) is 0 Å². The monoisotopic (exact) mass is 142 g/mol. The van der Waals surface area contributed by atoms with Gasteiger partial charge in [-0.3, -0.25) is 10.7 Å². The zero-order chi connectivity index (χ0) is 7.40. The van der Waals surface area contributed by atoms with E-state index in [0.717, 1.165) is 0 Å². The quantitative estimate of drug-likeness (QED) is 0.441. The van der Waals surface area contributed by atoms with Crippen LogP contribution in [0, 0.1) is 0 Å². The summed E-state index contributed by atoms with van der Waals surface area (Å²) in [4.78, 5) is 0. The molecule has 0 radical (unpaired) electrons. The first-order valence-corrected chi connectivity index (χ1v) is 2.96. The van der Waals surface area contributed by atoms with E-state index in [-0.39, 0.29) is 6.29 Å². The van der Waals surface area contributed by atoms with Gasteiger partial charge in [0.05, 0.1) is 0 Å². The van der Waals surface area contributed by atoms with Crippen molar-refractivity contribution in [2.45, 2.75) is 6.29 Å². The molecule has 1 unspecified atom stereocenters. The fourth-order valence-corrected chi connectivity index (χ4v) is 0.511. The van der Waals surface area contributed by atoms with Crippen LogP contribution in [0.15, 0.2) is 15.3 Å². The zero-order valence-corrected chi connectivity index (χ0v) is 5.92. The van der Waals surface area contributed by atoms with Crippen LogP contribution in [-0.4, -0.2) is 26.3 Å². The van der Waals surface area contributed by atoms with Crippen molar-refractivity contribution in [1.82, 2.24) is 16.1 Å². The predicted octanol–water partition coefficient (Wildman–Crippen LogP) is -0.965. The molecule has 6 heteroatoms. The Bertz CT molecular complexity index is 161. The van der Waals surface area contributed by atoms with Crippen molar-refractivity contribution < 1.29 is 0 Å². The third-order valence-electron chi connectivity index (χ3n) is 1.06. The van der Waals surface area contributed by atoms with Gasteiger partial charge in [0.15, 0.2) is 0 Å². The minimum absolute atomic E-state index is 0.197. The first-order chi connectivity index (χ1) is 4.86. The number of rotatable bonds is 1. The molecule has 1 heterocycles. The van der Waals surface area contributed by atoms with Gasteiger partial charge in [0.1, 0.15) is 0 Å². The van der Waals surface area contributed by atoms with Crippen LogP contribution in [0.1, 0.15) is 0 Å². The fourth-order valence-electron chi connectivity index (χ4n) is 0.511. The molecule has 10 heavy (non-hydrogen) atoms. The van der Waals surface area contributed by atoms with Crippen molar-refractivity contribution in [3.05, 3.63) is 0 Å². The highest BCUT2D eigenvalue weighted by Gasteiger charge is 2.05. The molecule has 6 nitrogen and oxygen atoms in total. The summed E-state index contributed by atoms with van der Waals surface area (Å²) in [7, 11) is 3.51. The van der Waals surface area contributed by atoms with Gasteiger partial charge in [-0.1, -0.05) is 0 Å². The predicted molar refractivity (Wildman–Crippen MR) is 37.3 cm³/mol. The molecule has 0 aromatic carbocycles. The van der Waals surface area contributed by atoms with Gasteiger partial charge in [0, 0.05) is 7.05 Å². The molecule has 0 saturated heterocycles. The topological polar surface area (TPSA) is 73.2 Å². The second-order valence-electron chi connectivity index (χ2n) is 1.72. The van der Waals surface area contributed by atoms with E-state index in [1.807, 2.05) is 0 Å². The Kier molecular flexibility index (Phi) is 2.16. The highest BCUT2D eigenvalue weighted by molar-refractivity contribution is 5.79. The van der Waals surface area contributed by atoms with Crippen molar-refractivity contribution in [3.63, 3.8) is 0 Å². The summed E-state index contributed by atoms with van der Waals surface area (Å²) in [5, 5.41) is 17.0. The molecule has 1 rings (SSSR count). The van der Waals surface area contributed by atoms with Gasteiger partial charge in [-0.15, -0.1) is 15.3 Å². The Hall–Kier alpha value is -1.17. The lowest BCUT2D eigenvalue weighted by molar-refractivity contribution is 0.456. The molecular formula is C4H10N6. The maximum atomic E-state index is 3.83. The third-order valence-corrected chi connectivity index (χ3v) is 1.06. The number of guanidine groups is 1. The summed E-state index contributed by atoms with van der Waals surface area (Å²) in [5.41, 5.74) is 2.72. The summed E-state index contributed by atoms with van der Waals surface area (Å²) < 4.78 is 0. The maximum Gasteiger partial charge on any atom is 0.258 e. The average molecular weight is 142 g/mol. The van der Waals surface area contributed by atoms with Crippen LogP contribution < -0.4 is 16.1 Å². The van der Waals surface area contributed by atoms with Crippen molar-refractivity contribution in [2.75, 3.05) is 14.1 Å². The minimum atomic E-state index is -0.197. The van der Waals surface area contributed by atoms with E-state index < -0.39 is 0 Å². The van der Waals surface area contributed by atoms with Crippen LogP contribution in [-0.2, 0) is 0 Å². The maximum absolute atomic E-state index is 3.83. The first kappa shape index (κ1) is 6.94. The van der Waals surface area contributed by atoms with E-state index >= 15 is 0 Å². The molecular weight excluding hydrogens is 132 g/mol. The number of hydrogen-bond acceptors (Lipinski definition) is 6. The molecule has 0 aromatic heterocycles. The van der Waals surface area contributed by atoms with Crippen LogP contribution in [0.2, 0.25) is 0 Å². The number of nitrogens with zero attached hydrogens (tertiary/aromatic N) is 3. The molecule has 56 valence electrons. The van der Waals surface area contributed by atoms with E-state index in [2.05, 4.69) is 31.4 Å². The van der Waals surface area contributed by atoms with Gasteiger partial charge in [0.2, 0.25) is 6.29 Å². The fraction of sp³-hybridized carbons (Fsp3) is 0.750. The zero-order valence-electron chi connectivity index (χ0n) is 5.92. The highest BCUT2D eigenvalue weighted by atomic mass is 15.5. The van der Waals surface area contributed by atoms with E-state index in [4.69, 9.17) is 0 Å². The van der Waals surface area contributed by atoms with Crippen molar-refractivity contribution in [2.24, 2.45) is 15.3 Å². The Morgan fingerprint density at radius 3 is 2.70 bits per heavy atom. The van der Waals surface area contributed by atoms with Gasteiger partial charge >= 0.3 is 0 Å². The summed E-state index contributed by atoms with van der Waals surface area (Å²) in [6.07, 6.45) is -0.197. The van der Waals surface area contributed by atoms with Crippen molar-refractivity contribution >= 4 is 5.96 Å². The molecule has 0 aromatic rings. The van der Waals surface area contributed by atoms with Gasteiger partial charge < -0.3 is 5.32 Å². The number of azo groups is 1. The summed E-state index contributed by atoms with van der Waals surface area (Å²) in [5.74, 6) is 0.492. The smallest absolute Gasteiger partial charge is 0.258 e. The molecule has 0 bridgehead atoms. The Morgan fingerprint density at radius 1 is 1.50 bits per heavy atom. The lowest BCUT2D eigenvalue weighted by Crippen LogP contribution is -2.39. The van der Waals surface area contributed by atoms with Crippen LogP contribution in [0.3, 0.4) is 0 Å².